The highest BCUT2D eigenvalue weighted by atomic mass is 16.1. The standard InChI is InChI=1S/C27H28N2O/c1-4-19(2)26(22-14-8-5-6-9-15-22)29-20(3)28-25-18-23(16-17-24(25)27(29)30)21-12-10-7-11-13-21/h4-6,8,10,12-18,26H,7,9,11H2,1-3H3/b19-4+. The number of hydrogen-bond donors (Lipinski definition) is 0. The Bertz CT molecular complexity index is 1220. The van der Waals surface area contributed by atoms with Gasteiger partial charge in [-0.1, -0.05) is 66.3 Å². The van der Waals surface area contributed by atoms with E-state index in [-0.39, 0.29) is 11.6 Å². The molecule has 152 valence electrons. The van der Waals surface area contributed by atoms with Crippen LogP contribution < -0.4 is 5.56 Å². The van der Waals surface area contributed by atoms with Crippen LogP contribution in [0.4, 0.5) is 0 Å². The van der Waals surface area contributed by atoms with E-state index in [2.05, 4.69) is 55.5 Å². The van der Waals surface area contributed by atoms with Gasteiger partial charge in [0.1, 0.15) is 5.82 Å². The number of aryl methyl sites for hydroxylation is 1. The highest BCUT2D eigenvalue weighted by Crippen LogP contribution is 2.30. The summed E-state index contributed by atoms with van der Waals surface area (Å²) in [7, 11) is 0. The molecule has 0 spiro atoms. The first-order valence-corrected chi connectivity index (χ1v) is 10.7. The molecule has 0 amide bonds. The zero-order valence-corrected chi connectivity index (χ0v) is 17.9. The third kappa shape index (κ3) is 3.80. The summed E-state index contributed by atoms with van der Waals surface area (Å²) in [5.41, 5.74) is 5.34. The van der Waals surface area contributed by atoms with Crippen molar-refractivity contribution >= 4 is 16.5 Å². The van der Waals surface area contributed by atoms with Gasteiger partial charge in [0.15, 0.2) is 0 Å². The Morgan fingerprint density at radius 3 is 2.77 bits per heavy atom. The summed E-state index contributed by atoms with van der Waals surface area (Å²) in [4.78, 5) is 18.5. The Labute approximate surface area is 178 Å². The summed E-state index contributed by atoms with van der Waals surface area (Å²) in [5.74, 6) is 0.732. The fourth-order valence-electron chi connectivity index (χ4n) is 4.19. The molecule has 1 unspecified atom stereocenters. The van der Waals surface area contributed by atoms with E-state index in [4.69, 9.17) is 4.98 Å². The maximum Gasteiger partial charge on any atom is 0.262 e. The number of benzene rings is 1. The number of aromatic nitrogens is 2. The molecule has 2 aliphatic carbocycles. The quantitative estimate of drug-likeness (QED) is 0.561. The van der Waals surface area contributed by atoms with Crippen LogP contribution in [0.5, 0.6) is 0 Å². The van der Waals surface area contributed by atoms with Gasteiger partial charge in [-0.15, -0.1) is 0 Å². The second-order valence-corrected chi connectivity index (χ2v) is 7.87. The van der Waals surface area contributed by atoms with Crippen molar-refractivity contribution in [3.05, 3.63) is 106 Å². The molecule has 0 saturated heterocycles. The molecule has 30 heavy (non-hydrogen) atoms. The number of fused-ring (bicyclic) bond motifs is 1. The van der Waals surface area contributed by atoms with E-state index in [0.717, 1.165) is 47.3 Å². The molecule has 3 nitrogen and oxygen atoms in total. The number of nitrogens with zero attached hydrogens (tertiary/aromatic N) is 2. The predicted molar refractivity (Wildman–Crippen MR) is 127 cm³/mol. The maximum atomic E-state index is 13.6. The number of rotatable bonds is 4. The van der Waals surface area contributed by atoms with Gasteiger partial charge in [-0.3, -0.25) is 9.36 Å². The second kappa shape index (κ2) is 8.66. The van der Waals surface area contributed by atoms with Crippen molar-refractivity contribution in [2.45, 2.75) is 46.1 Å². The zero-order chi connectivity index (χ0) is 21.1. The lowest BCUT2D eigenvalue weighted by Crippen LogP contribution is -2.29. The molecule has 0 saturated carbocycles. The maximum absolute atomic E-state index is 13.6. The average Bonchev–Trinajstić information content (AvgIpc) is 3.05. The molecule has 3 heteroatoms. The van der Waals surface area contributed by atoms with Gasteiger partial charge in [0, 0.05) is 0 Å². The first-order valence-electron chi connectivity index (χ1n) is 10.7. The van der Waals surface area contributed by atoms with Crippen molar-refractivity contribution in [2.24, 2.45) is 0 Å². The zero-order valence-electron chi connectivity index (χ0n) is 17.9. The minimum atomic E-state index is -0.154. The van der Waals surface area contributed by atoms with Crippen LogP contribution >= 0.6 is 0 Å². The molecule has 0 fully saturated rings. The monoisotopic (exact) mass is 396 g/mol. The average molecular weight is 397 g/mol. The SMILES string of the molecule is C/C=C(\C)C(C1=CCC=CC=C1)n1c(C)nc2cc(C3=CCCC=C3)ccc2c1=O. The van der Waals surface area contributed by atoms with E-state index in [1.165, 1.54) is 5.57 Å². The molecule has 4 rings (SSSR count). The van der Waals surface area contributed by atoms with Gasteiger partial charge in [-0.2, -0.15) is 0 Å². The van der Waals surface area contributed by atoms with E-state index in [9.17, 15) is 4.79 Å². The van der Waals surface area contributed by atoms with Crippen molar-refractivity contribution in [1.82, 2.24) is 9.55 Å². The summed E-state index contributed by atoms with van der Waals surface area (Å²) in [6.45, 7) is 6.04. The highest BCUT2D eigenvalue weighted by Gasteiger charge is 2.22. The fraction of sp³-hybridized carbons (Fsp3) is 0.259. The Balaban J connectivity index is 1.88. The van der Waals surface area contributed by atoms with Gasteiger partial charge < -0.3 is 0 Å². The predicted octanol–water partition coefficient (Wildman–Crippen LogP) is 6.39. The van der Waals surface area contributed by atoms with Crippen LogP contribution in [0.1, 0.15) is 50.5 Å². The molecular formula is C27H28N2O. The smallest absolute Gasteiger partial charge is 0.262 e. The summed E-state index contributed by atoms with van der Waals surface area (Å²) in [6, 6.07) is 5.86. The van der Waals surface area contributed by atoms with Crippen LogP contribution in [0.2, 0.25) is 0 Å². The molecule has 1 aromatic carbocycles. The van der Waals surface area contributed by atoms with Crippen LogP contribution in [-0.4, -0.2) is 9.55 Å². The van der Waals surface area contributed by atoms with Crippen molar-refractivity contribution in [3.63, 3.8) is 0 Å². The summed E-state index contributed by atoms with van der Waals surface area (Å²) >= 11 is 0. The van der Waals surface area contributed by atoms with E-state index in [1.807, 2.05) is 42.7 Å². The van der Waals surface area contributed by atoms with Crippen LogP contribution in [0.25, 0.3) is 16.5 Å². The van der Waals surface area contributed by atoms with E-state index >= 15 is 0 Å². The van der Waals surface area contributed by atoms with Crippen LogP contribution in [0.3, 0.4) is 0 Å². The topological polar surface area (TPSA) is 34.9 Å². The molecule has 1 aromatic heterocycles. The molecule has 2 aromatic rings. The normalized spacial score (nSPS) is 17.6. The van der Waals surface area contributed by atoms with Gasteiger partial charge in [0.2, 0.25) is 0 Å². The Morgan fingerprint density at radius 2 is 2.00 bits per heavy atom. The van der Waals surface area contributed by atoms with E-state index < -0.39 is 0 Å². The lowest BCUT2D eigenvalue weighted by atomic mass is 9.97. The molecule has 1 heterocycles. The van der Waals surface area contributed by atoms with Crippen LogP contribution in [0, 0.1) is 6.92 Å². The lowest BCUT2D eigenvalue weighted by molar-refractivity contribution is 0.606. The van der Waals surface area contributed by atoms with Gasteiger partial charge >= 0.3 is 0 Å². The van der Waals surface area contributed by atoms with Crippen molar-refractivity contribution in [1.29, 1.82) is 0 Å². The Hall–Kier alpha value is -3.20. The molecular weight excluding hydrogens is 368 g/mol. The van der Waals surface area contributed by atoms with Crippen LogP contribution in [-0.2, 0) is 0 Å². The van der Waals surface area contributed by atoms with E-state index in [1.54, 1.807) is 0 Å². The van der Waals surface area contributed by atoms with Gasteiger partial charge in [0.05, 0.1) is 16.9 Å². The highest BCUT2D eigenvalue weighted by molar-refractivity contribution is 5.85. The number of hydrogen-bond acceptors (Lipinski definition) is 2. The fourth-order valence-corrected chi connectivity index (χ4v) is 4.19. The van der Waals surface area contributed by atoms with Crippen molar-refractivity contribution in [2.75, 3.05) is 0 Å². The minimum absolute atomic E-state index is 0.00919. The minimum Gasteiger partial charge on any atom is -0.285 e. The summed E-state index contributed by atoms with van der Waals surface area (Å²) in [5, 5.41) is 0.662. The second-order valence-electron chi connectivity index (χ2n) is 7.87. The largest absolute Gasteiger partial charge is 0.285 e. The first-order chi connectivity index (χ1) is 14.6. The van der Waals surface area contributed by atoms with Gasteiger partial charge in [0.25, 0.3) is 5.56 Å². The third-order valence-corrected chi connectivity index (χ3v) is 5.89. The van der Waals surface area contributed by atoms with Gasteiger partial charge in [-0.05, 0) is 68.9 Å². The van der Waals surface area contributed by atoms with Crippen molar-refractivity contribution in [3.8, 4) is 0 Å². The molecule has 0 bridgehead atoms. The first kappa shape index (κ1) is 20.1. The van der Waals surface area contributed by atoms with Crippen LogP contribution in [0.15, 0.2) is 88.8 Å². The molecule has 0 radical (unpaired) electrons. The lowest BCUT2D eigenvalue weighted by Gasteiger charge is -2.24. The summed E-state index contributed by atoms with van der Waals surface area (Å²) < 4.78 is 1.85. The Kier molecular flexibility index (Phi) is 5.80. The molecule has 0 aliphatic heterocycles. The molecule has 2 aliphatic rings. The van der Waals surface area contributed by atoms with E-state index in [0.29, 0.717) is 5.39 Å². The third-order valence-electron chi connectivity index (χ3n) is 5.89. The molecule has 0 N–H and O–H groups in total. The van der Waals surface area contributed by atoms with Gasteiger partial charge in [-0.25, -0.2) is 4.98 Å². The Morgan fingerprint density at radius 1 is 1.13 bits per heavy atom. The number of allylic oxidation sites excluding steroid dienone is 12. The molecule has 1 atom stereocenters. The van der Waals surface area contributed by atoms with Crippen molar-refractivity contribution < 1.29 is 0 Å². The summed E-state index contributed by atoms with van der Waals surface area (Å²) in [6.07, 6.45) is 22.2.